The van der Waals surface area contributed by atoms with Crippen LogP contribution in [-0.2, 0) is 0 Å². The van der Waals surface area contributed by atoms with E-state index in [9.17, 15) is 4.39 Å². The summed E-state index contributed by atoms with van der Waals surface area (Å²) in [6.45, 7) is 3.95. The standard InChI is InChI=1S/C14H16FNOS/c1-9-3-8-13(18-9)14(10(2)16)17-12-6-4-11(15)5-7-12/h3-8,10,14H,16H2,1-2H3. The molecule has 0 spiro atoms. The smallest absolute Gasteiger partial charge is 0.148 e. The van der Waals surface area contributed by atoms with Crippen LogP contribution in [-0.4, -0.2) is 6.04 Å². The Morgan fingerprint density at radius 2 is 1.83 bits per heavy atom. The van der Waals surface area contributed by atoms with Gasteiger partial charge >= 0.3 is 0 Å². The van der Waals surface area contributed by atoms with Gasteiger partial charge in [0, 0.05) is 15.8 Å². The molecule has 2 N–H and O–H groups in total. The highest BCUT2D eigenvalue weighted by molar-refractivity contribution is 7.12. The molecule has 0 fully saturated rings. The fourth-order valence-electron chi connectivity index (χ4n) is 1.69. The summed E-state index contributed by atoms with van der Waals surface area (Å²) in [5.74, 6) is 0.358. The molecular formula is C14H16FNOS. The number of halogens is 1. The Hall–Kier alpha value is -1.39. The third-order valence-corrected chi connectivity index (χ3v) is 3.66. The first-order valence-corrected chi connectivity index (χ1v) is 6.62. The van der Waals surface area contributed by atoms with Crippen molar-refractivity contribution in [1.29, 1.82) is 0 Å². The molecule has 0 amide bonds. The summed E-state index contributed by atoms with van der Waals surface area (Å²) in [4.78, 5) is 2.31. The normalized spacial score (nSPS) is 14.2. The van der Waals surface area contributed by atoms with Gasteiger partial charge < -0.3 is 10.5 Å². The number of nitrogens with two attached hydrogens (primary N) is 1. The maximum absolute atomic E-state index is 12.8. The fourth-order valence-corrected chi connectivity index (χ4v) is 2.71. The maximum Gasteiger partial charge on any atom is 0.148 e. The molecular weight excluding hydrogens is 249 g/mol. The van der Waals surface area contributed by atoms with Crippen LogP contribution in [0.25, 0.3) is 0 Å². The van der Waals surface area contributed by atoms with E-state index in [0.29, 0.717) is 5.75 Å². The largest absolute Gasteiger partial charge is 0.483 e. The Bertz CT molecular complexity index is 507. The number of hydrogen-bond donors (Lipinski definition) is 1. The number of ether oxygens (including phenoxy) is 1. The van der Waals surface area contributed by atoms with Crippen LogP contribution in [0.5, 0.6) is 5.75 Å². The molecule has 0 saturated heterocycles. The van der Waals surface area contributed by atoms with Crippen molar-refractivity contribution in [2.75, 3.05) is 0 Å². The number of thiophene rings is 1. The van der Waals surface area contributed by atoms with Gasteiger partial charge in [0.05, 0.1) is 0 Å². The highest BCUT2D eigenvalue weighted by atomic mass is 32.1. The van der Waals surface area contributed by atoms with Gasteiger partial charge in [-0.05, 0) is 50.2 Å². The van der Waals surface area contributed by atoms with Crippen LogP contribution in [0.15, 0.2) is 36.4 Å². The van der Waals surface area contributed by atoms with E-state index in [-0.39, 0.29) is 18.0 Å². The van der Waals surface area contributed by atoms with Crippen molar-refractivity contribution in [2.24, 2.45) is 5.73 Å². The third kappa shape index (κ3) is 3.09. The third-order valence-electron chi connectivity index (χ3n) is 2.60. The zero-order valence-electron chi connectivity index (χ0n) is 10.4. The van der Waals surface area contributed by atoms with Crippen LogP contribution in [0.2, 0.25) is 0 Å². The van der Waals surface area contributed by atoms with Crippen molar-refractivity contribution in [3.8, 4) is 5.75 Å². The molecule has 1 aromatic carbocycles. The quantitative estimate of drug-likeness (QED) is 0.915. The molecule has 2 unspecified atom stereocenters. The van der Waals surface area contributed by atoms with Gasteiger partial charge in [0.1, 0.15) is 17.7 Å². The first-order valence-electron chi connectivity index (χ1n) is 5.80. The van der Waals surface area contributed by atoms with E-state index in [4.69, 9.17) is 10.5 Å². The topological polar surface area (TPSA) is 35.2 Å². The van der Waals surface area contributed by atoms with E-state index in [1.54, 1.807) is 23.5 Å². The molecule has 2 nitrogen and oxygen atoms in total. The SMILES string of the molecule is Cc1ccc(C(Oc2ccc(F)cc2)C(C)N)s1. The van der Waals surface area contributed by atoms with Crippen molar-refractivity contribution in [1.82, 2.24) is 0 Å². The lowest BCUT2D eigenvalue weighted by molar-refractivity contribution is 0.184. The van der Waals surface area contributed by atoms with E-state index < -0.39 is 0 Å². The Morgan fingerprint density at radius 1 is 1.17 bits per heavy atom. The minimum absolute atomic E-state index is 0.131. The summed E-state index contributed by atoms with van der Waals surface area (Å²) < 4.78 is 18.7. The lowest BCUT2D eigenvalue weighted by atomic mass is 10.1. The minimum atomic E-state index is -0.272. The highest BCUT2D eigenvalue weighted by Gasteiger charge is 2.19. The summed E-state index contributed by atoms with van der Waals surface area (Å²) in [5.41, 5.74) is 5.96. The van der Waals surface area contributed by atoms with Gasteiger partial charge in [0.15, 0.2) is 0 Å². The summed E-state index contributed by atoms with van der Waals surface area (Å²) >= 11 is 1.67. The van der Waals surface area contributed by atoms with Gasteiger partial charge in [-0.2, -0.15) is 0 Å². The Morgan fingerprint density at radius 3 is 2.33 bits per heavy atom. The lowest BCUT2D eigenvalue weighted by Crippen LogP contribution is -2.28. The molecule has 1 heterocycles. The molecule has 0 bridgehead atoms. The van der Waals surface area contributed by atoms with Gasteiger partial charge in [0.2, 0.25) is 0 Å². The van der Waals surface area contributed by atoms with Crippen LogP contribution >= 0.6 is 11.3 Å². The van der Waals surface area contributed by atoms with Gasteiger partial charge in [-0.1, -0.05) is 0 Å². The molecule has 2 rings (SSSR count). The second-order valence-corrected chi connectivity index (χ2v) is 5.62. The molecule has 2 aromatic rings. The molecule has 1 aromatic heterocycles. The molecule has 0 aliphatic carbocycles. The average molecular weight is 265 g/mol. The highest BCUT2D eigenvalue weighted by Crippen LogP contribution is 2.29. The first kappa shape index (κ1) is 13.1. The zero-order chi connectivity index (χ0) is 13.1. The van der Waals surface area contributed by atoms with Crippen LogP contribution < -0.4 is 10.5 Å². The monoisotopic (exact) mass is 265 g/mol. The fraction of sp³-hybridized carbons (Fsp3) is 0.286. The Labute approximate surface area is 110 Å². The Balaban J connectivity index is 2.19. The number of aryl methyl sites for hydroxylation is 1. The van der Waals surface area contributed by atoms with Gasteiger partial charge in [0.25, 0.3) is 0 Å². The van der Waals surface area contributed by atoms with Crippen LogP contribution in [0.1, 0.15) is 22.8 Å². The maximum atomic E-state index is 12.8. The average Bonchev–Trinajstić information content (AvgIpc) is 2.74. The lowest BCUT2D eigenvalue weighted by Gasteiger charge is -2.21. The first-order chi connectivity index (χ1) is 8.56. The predicted molar refractivity (Wildman–Crippen MR) is 72.5 cm³/mol. The Kier molecular flexibility index (Phi) is 3.99. The van der Waals surface area contributed by atoms with Crippen LogP contribution in [0, 0.1) is 12.7 Å². The molecule has 4 heteroatoms. The zero-order valence-corrected chi connectivity index (χ0v) is 11.2. The minimum Gasteiger partial charge on any atom is -0.483 e. The second-order valence-electron chi connectivity index (χ2n) is 4.30. The summed E-state index contributed by atoms with van der Waals surface area (Å²) in [6.07, 6.45) is -0.200. The second kappa shape index (κ2) is 5.50. The van der Waals surface area contributed by atoms with Crippen molar-refractivity contribution in [3.05, 3.63) is 52.0 Å². The van der Waals surface area contributed by atoms with E-state index in [2.05, 4.69) is 0 Å². The van der Waals surface area contributed by atoms with Gasteiger partial charge in [-0.15, -0.1) is 11.3 Å². The van der Waals surface area contributed by atoms with Crippen molar-refractivity contribution in [3.63, 3.8) is 0 Å². The van der Waals surface area contributed by atoms with Crippen LogP contribution in [0.4, 0.5) is 4.39 Å². The summed E-state index contributed by atoms with van der Waals surface area (Å²) in [7, 11) is 0. The summed E-state index contributed by atoms with van der Waals surface area (Å²) in [6, 6.07) is 9.94. The van der Waals surface area contributed by atoms with Crippen LogP contribution in [0.3, 0.4) is 0 Å². The molecule has 2 atom stereocenters. The summed E-state index contributed by atoms with van der Waals surface area (Å²) in [5, 5.41) is 0. The van der Waals surface area contributed by atoms with Gasteiger partial charge in [-0.25, -0.2) is 4.39 Å². The van der Waals surface area contributed by atoms with Crippen molar-refractivity contribution < 1.29 is 9.13 Å². The molecule has 0 saturated carbocycles. The predicted octanol–water partition coefficient (Wildman–Crippen LogP) is 3.66. The molecule has 0 aliphatic rings. The van der Waals surface area contributed by atoms with Gasteiger partial charge in [-0.3, -0.25) is 0 Å². The molecule has 0 aliphatic heterocycles. The van der Waals surface area contributed by atoms with Crippen molar-refractivity contribution in [2.45, 2.75) is 26.0 Å². The van der Waals surface area contributed by atoms with E-state index >= 15 is 0 Å². The molecule has 18 heavy (non-hydrogen) atoms. The number of rotatable bonds is 4. The van der Waals surface area contributed by atoms with E-state index in [1.807, 2.05) is 26.0 Å². The van der Waals surface area contributed by atoms with Crippen molar-refractivity contribution >= 4 is 11.3 Å². The number of benzene rings is 1. The number of hydrogen-bond acceptors (Lipinski definition) is 3. The van der Waals surface area contributed by atoms with E-state index in [1.165, 1.54) is 17.0 Å². The molecule has 96 valence electrons. The molecule has 0 radical (unpaired) electrons. The van der Waals surface area contributed by atoms with E-state index in [0.717, 1.165) is 4.88 Å².